The second-order valence-electron chi connectivity index (χ2n) is 7.58. The van der Waals surface area contributed by atoms with E-state index in [1.807, 2.05) is 38.1 Å². The molecule has 0 aromatic heterocycles. The van der Waals surface area contributed by atoms with E-state index in [4.69, 9.17) is 0 Å². The van der Waals surface area contributed by atoms with Crippen molar-refractivity contribution in [1.82, 2.24) is 0 Å². The van der Waals surface area contributed by atoms with Crippen LogP contribution in [0.4, 0.5) is 0 Å². The quantitative estimate of drug-likeness (QED) is 0.616. The molecule has 0 radical (unpaired) electrons. The van der Waals surface area contributed by atoms with Crippen molar-refractivity contribution < 1.29 is 16.8 Å². The Kier molecular flexibility index (Phi) is 4.87. The molecule has 3 unspecified atom stereocenters. The van der Waals surface area contributed by atoms with Crippen LogP contribution in [0.15, 0.2) is 88.7 Å². The Hall–Kier alpha value is -2.44. The highest BCUT2D eigenvalue weighted by molar-refractivity contribution is 7.97. The van der Waals surface area contributed by atoms with Gasteiger partial charge in [-0.1, -0.05) is 65.7 Å². The lowest BCUT2D eigenvalue weighted by Gasteiger charge is -2.06. The summed E-state index contributed by atoms with van der Waals surface area (Å²) in [5.74, 6) is -0.591. The van der Waals surface area contributed by atoms with Crippen molar-refractivity contribution in [3.8, 4) is 0 Å². The predicted molar refractivity (Wildman–Crippen MR) is 113 cm³/mol. The zero-order valence-electron chi connectivity index (χ0n) is 16.2. The Labute approximate surface area is 172 Å². The second kappa shape index (κ2) is 7.11. The lowest BCUT2D eigenvalue weighted by molar-refractivity contribution is 0.587. The summed E-state index contributed by atoms with van der Waals surface area (Å²) >= 11 is 0. The monoisotopic (exact) mass is 426 g/mol. The summed E-state index contributed by atoms with van der Waals surface area (Å²) in [6.45, 7) is 3.82. The Morgan fingerprint density at radius 3 is 1.45 bits per heavy atom. The molecule has 0 bridgehead atoms. The first-order valence-corrected chi connectivity index (χ1v) is 12.5. The fraction of sp³-hybridized carbons (Fsp3) is 0.217. The van der Waals surface area contributed by atoms with E-state index in [-0.39, 0.29) is 9.79 Å². The average molecular weight is 427 g/mol. The molecular formula is C23H22O4S2. The molecule has 0 spiro atoms. The molecule has 0 aliphatic heterocycles. The normalized spacial score (nSPS) is 21.7. The highest BCUT2D eigenvalue weighted by atomic mass is 32.2. The van der Waals surface area contributed by atoms with Crippen molar-refractivity contribution in [2.45, 2.75) is 40.1 Å². The number of rotatable bonds is 5. The van der Waals surface area contributed by atoms with Gasteiger partial charge in [-0.25, -0.2) is 16.8 Å². The smallest absolute Gasteiger partial charge is 0.183 e. The minimum atomic E-state index is -3.81. The summed E-state index contributed by atoms with van der Waals surface area (Å²) in [6, 6.07) is 22.1. The van der Waals surface area contributed by atoms with Gasteiger partial charge in [-0.15, -0.1) is 0 Å². The fourth-order valence-electron chi connectivity index (χ4n) is 3.82. The van der Waals surface area contributed by atoms with Gasteiger partial charge in [-0.05, 0) is 43.7 Å². The van der Waals surface area contributed by atoms with Gasteiger partial charge in [-0.2, -0.15) is 0 Å². The van der Waals surface area contributed by atoms with E-state index < -0.39 is 36.1 Å². The minimum Gasteiger partial charge on any atom is -0.223 e. The molecule has 150 valence electrons. The van der Waals surface area contributed by atoms with Gasteiger partial charge in [0.05, 0.1) is 20.3 Å². The Morgan fingerprint density at radius 1 is 0.552 bits per heavy atom. The molecule has 4 rings (SSSR count). The van der Waals surface area contributed by atoms with Gasteiger partial charge < -0.3 is 0 Å². The molecule has 3 atom stereocenters. The molecule has 1 aliphatic carbocycles. The molecule has 1 fully saturated rings. The van der Waals surface area contributed by atoms with Crippen LogP contribution in [0.5, 0.6) is 0 Å². The maximum atomic E-state index is 13.4. The first-order valence-electron chi connectivity index (χ1n) is 9.39. The molecule has 1 aliphatic rings. The molecule has 3 aromatic rings. The van der Waals surface area contributed by atoms with Crippen LogP contribution in [0.1, 0.15) is 22.6 Å². The Balaban J connectivity index is 1.81. The van der Waals surface area contributed by atoms with Crippen LogP contribution in [0.2, 0.25) is 0 Å². The van der Waals surface area contributed by atoms with E-state index in [9.17, 15) is 16.8 Å². The summed E-state index contributed by atoms with van der Waals surface area (Å²) in [4.78, 5) is 0.319. The van der Waals surface area contributed by atoms with E-state index in [2.05, 4.69) is 0 Å². The summed E-state index contributed by atoms with van der Waals surface area (Å²) in [5.41, 5.74) is 2.72. The van der Waals surface area contributed by atoms with Crippen molar-refractivity contribution in [3.63, 3.8) is 0 Å². The van der Waals surface area contributed by atoms with Gasteiger partial charge in [0.1, 0.15) is 0 Å². The standard InChI is InChI=1S/C23H22O4S2/c1-16-8-12-18(13-9-16)21-22(28(24,25)19-6-4-3-5-7-19)23(21)29(26,27)20-14-10-17(2)11-15-20/h3-15,21-23H,1-2H3. The third kappa shape index (κ3) is 3.51. The van der Waals surface area contributed by atoms with Gasteiger partial charge >= 0.3 is 0 Å². The third-order valence-electron chi connectivity index (χ3n) is 5.49. The van der Waals surface area contributed by atoms with E-state index in [0.717, 1.165) is 16.7 Å². The fourth-order valence-corrected chi connectivity index (χ4v) is 8.76. The lowest BCUT2D eigenvalue weighted by atomic mass is 10.1. The highest BCUT2D eigenvalue weighted by Gasteiger charge is 2.65. The molecule has 4 nitrogen and oxygen atoms in total. The van der Waals surface area contributed by atoms with Crippen LogP contribution in [0, 0.1) is 13.8 Å². The average Bonchev–Trinajstić information content (AvgIpc) is 3.47. The largest absolute Gasteiger partial charge is 0.223 e. The van der Waals surface area contributed by atoms with Gasteiger partial charge in [0.15, 0.2) is 19.7 Å². The lowest BCUT2D eigenvalue weighted by Crippen LogP contribution is -2.17. The molecule has 1 saturated carbocycles. The molecule has 0 N–H and O–H groups in total. The molecule has 0 saturated heterocycles. The van der Waals surface area contributed by atoms with E-state index in [1.54, 1.807) is 42.5 Å². The van der Waals surface area contributed by atoms with Gasteiger partial charge in [0.2, 0.25) is 0 Å². The van der Waals surface area contributed by atoms with Crippen LogP contribution in [-0.4, -0.2) is 27.3 Å². The van der Waals surface area contributed by atoms with Crippen molar-refractivity contribution in [1.29, 1.82) is 0 Å². The van der Waals surface area contributed by atoms with Crippen LogP contribution in [-0.2, 0) is 19.7 Å². The SMILES string of the molecule is Cc1ccc(C2C(S(=O)(=O)c3ccccc3)C2S(=O)(=O)c2ccc(C)cc2)cc1. The molecule has 29 heavy (non-hydrogen) atoms. The van der Waals surface area contributed by atoms with Gasteiger partial charge in [0, 0.05) is 5.92 Å². The maximum Gasteiger partial charge on any atom is 0.183 e. The number of hydrogen-bond donors (Lipinski definition) is 0. The van der Waals surface area contributed by atoms with Crippen molar-refractivity contribution in [3.05, 3.63) is 95.6 Å². The van der Waals surface area contributed by atoms with E-state index in [0.29, 0.717) is 0 Å². The maximum absolute atomic E-state index is 13.4. The first-order chi connectivity index (χ1) is 13.7. The van der Waals surface area contributed by atoms with Crippen LogP contribution < -0.4 is 0 Å². The van der Waals surface area contributed by atoms with Gasteiger partial charge in [0.25, 0.3) is 0 Å². The highest BCUT2D eigenvalue weighted by Crippen LogP contribution is 2.54. The Morgan fingerprint density at radius 2 is 0.966 bits per heavy atom. The zero-order chi connectivity index (χ0) is 20.8. The van der Waals surface area contributed by atoms with Crippen LogP contribution >= 0.6 is 0 Å². The van der Waals surface area contributed by atoms with Crippen LogP contribution in [0.3, 0.4) is 0 Å². The summed E-state index contributed by atoms with van der Waals surface area (Å²) in [5, 5.41) is -2.00. The molecule has 3 aromatic carbocycles. The number of sulfone groups is 2. The number of benzene rings is 3. The third-order valence-corrected chi connectivity index (χ3v) is 10.1. The predicted octanol–water partition coefficient (Wildman–Crippen LogP) is 4.09. The molecule has 0 amide bonds. The first kappa shape index (κ1) is 19.9. The minimum absolute atomic E-state index is 0.156. The number of aryl methyl sites for hydroxylation is 2. The van der Waals surface area contributed by atoms with Crippen LogP contribution in [0.25, 0.3) is 0 Å². The summed E-state index contributed by atoms with van der Waals surface area (Å²) in [6.07, 6.45) is 0. The van der Waals surface area contributed by atoms with E-state index in [1.165, 1.54) is 12.1 Å². The second-order valence-corrected chi connectivity index (χ2v) is 11.8. The molecule has 0 heterocycles. The number of hydrogen-bond acceptors (Lipinski definition) is 4. The van der Waals surface area contributed by atoms with Crippen molar-refractivity contribution >= 4 is 19.7 Å². The molecule has 6 heteroatoms. The summed E-state index contributed by atoms with van der Waals surface area (Å²) in [7, 11) is -7.61. The zero-order valence-corrected chi connectivity index (χ0v) is 17.8. The summed E-state index contributed by atoms with van der Waals surface area (Å²) < 4.78 is 53.4. The molecular weight excluding hydrogens is 404 g/mol. The Bertz CT molecular complexity index is 1230. The topological polar surface area (TPSA) is 68.3 Å². The van der Waals surface area contributed by atoms with Crippen molar-refractivity contribution in [2.24, 2.45) is 0 Å². The van der Waals surface area contributed by atoms with E-state index >= 15 is 0 Å². The van der Waals surface area contributed by atoms with Gasteiger partial charge in [-0.3, -0.25) is 0 Å². The van der Waals surface area contributed by atoms with Crippen molar-refractivity contribution in [2.75, 3.05) is 0 Å².